The minimum absolute atomic E-state index is 0.168. The standard InChI is InChI=1S/C18H20F2N4/c1-12-9-15(16(19)20)24-17(23-12)14(11-22-24)18(2,3)21-10-13-7-5-4-6-8-13/h4-9,11,16,21,23H,1,10H2,2-3H3. The lowest BCUT2D eigenvalue weighted by molar-refractivity contribution is 0.206. The SMILES string of the molecule is C=C1C=C(C(F)F)n2ncc(C(C)(C)NCc3ccccc3)c2N1. The molecule has 3 rings (SSSR count). The molecule has 2 aromatic rings. The van der Waals surface area contributed by atoms with E-state index in [0.717, 1.165) is 11.1 Å². The zero-order valence-electron chi connectivity index (χ0n) is 13.7. The van der Waals surface area contributed by atoms with E-state index < -0.39 is 12.0 Å². The number of allylic oxidation sites excluding steroid dienone is 2. The first-order valence-electron chi connectivity index (χ1n) is 7.72. The monoisotopic (exact) mass is 330 g/mol. The van der Waals surface area contributed by atoms with Crippen LogP contribution in [-0.2, 0) is 12.1 Å². The molecular weight excluding hydrogens is 310 g/mol. The van der Waals surface area contributed by atoms with Crippen LogP contribution >= 0.6 is 0 Å². The van der Waals surface area contributed by atoms with Gasteiger partial charge in [-0.15, -0.1) is 0 Å². The molecule has 0 radical (unpaired) electrons. The summed E-state index contributed by atoms with van der Waals surface area (Å²) in [5.74, 6) is 0.531. The third-order valence-electron chi connectivity index (χ3n) is 4.09. The zero-order chi connectivity index (χ0) is 17.3. The minimum atomic E-state index is -2.62. The predicted molar refractivity (Wildman–Crippen MR) is 91.6 cm³/mol. The van der Waals surface area contributed by atoms with Crippen LogP contribution in [0.1, 0.15) is 25.0 Å². The van der Waals surface area contributed by atoms with Gasteiger partial charge in [0.15, 0.2) is 0 Å². The third kappa shape index (κ3) is 3.10. The van der Waals surface area contributed by atoms with Crippen molar-refractivity contribution in [1.82, 2.24) is 15.1 Å². The van der Waals surface area contributed by atoms with Gasteiger partial charge < -0.3 is 10.6 Å². The van der Waals surface area contributed by atoms with Gasteiger partial charge in [0.2, 0.25) is 0 Å². The van der Waals surface area contributed by atoms with Crippen LogP contribution in [0, 0.1) is 0 Å². The molecule has 6 heteroatoms. The Kier molecular flexibility index (Phi) is 4.24. The summed E-state index contributed by atoms with van der Waals surface area (Å²) < 4.78 is 27.7. The number of nitrogens with one attached hydrogen (secondary N) is 2. The highest BCUT2D eigenvalue weighted by molar-refractivity contribution is 5.69. The number of benzene rings is 1. The number of alkyl halides is 2. The maximum atomic E-state index is 13.2. The molecule has 4 nitrogen and oxygen atoms in total. The Bertz CT molecular complexity index is 776. The van der Waals surface area contributed by atoms with Crippen LogP contribution in [-0.4, -0.2) is 16.2 Å². The largest absolute Gasteiger partial charge is 0.340 e. The van der Waals surface area contributed by atoms with Crippen LogP contribution in [0.3, 0.4) is 0 Å². The maximum absolute atomic E-state index is 13.2. The molecular formula is C18H20F2N4. The molecule has 126 valence electrons. The third-order valence-corrected chi connectivity index (χ3v) is 4.09. The van der Waals surface area contributed by atoms with Crippen LogP contribution in [0.25, 0.3) is 5.70 Å². The van der Waals surface area contributed by atoms with E-state index in [2.05, 4.69) is 22.3 Å². The minimum Gasteiger partial charge on any atom is -0.340 e. The van der Waals surface area contributed by atoms with Crippen molar-refractivity contribution in [3.63, 3.8) is 0 Å². The number of halogens is 2. The quantitative estimate of drug-likeness (QED) is 0.872. The number of rotatable bonds is 5. The Labute approximate surface area is 139 Å². The van der Waals surface area contributed by atoms with E-state index in [4.69, 9.17) is 0 Å². The second kappa shape index (κ2) is 6.20. The summed E-state index contributed by atoms with van der Waals surface area (Å²) in [7, 11) is 0. The molecule has 0 aliphatic carbocycles. The first kappa shape index (κ1) is 16.4. The molecule has 1 aromatic heterocycles. The smallest absolute Gasteiger partial charge is 0.280 e. The Balaban J connectivity index is 1.87. The van der Waals surface area contributed by atoms with Crippen molar-refractivity contribution in [2.45, 2.75) is 32.4 Å². The Morgan fingerprint density at radius 1 is 1.29 bits per heavy atom. The van der Waals surface area contributed by atoms with Crippen molar-refractivity contribution in [3.05, 3.63) is 66.0 Å². The van der Waals surface area contributed by atoms with Crippen molar-refractivity contribution in [3.8, 4) is 0 Å². The van der Waals surface area contributed by atoms with Gasteiger partial charge in [-0.25, -0.2) is 13.5 Å². The van der Waals surface area contributed by atoms with Crippen LogP contribution < -0.4 is 10.6 Å². The lowest BCUT2D eigenvalue weighted by Gasteiger charge is -2.29. The van der Waals surface area contributed by atoms with Crippen LogP contribution in [0.2, 0.25) is 0 Å². The molecule has 1 aliphatic heterocycles. The van der Waals surface area contributed by atoms with Crippen LogP contribution in [0.4, 0.5) is 14.6 Å². The van der Waals surface area contributed by atoms with Gasteiger partial charge in [0.1, 0.15) is 11.5 Å². The summed E-state index contributed by atoms with van der Waals surface area (Å²) >= 11 is 0. The van der Waals surface area contributed by atoms with Crippen molar-refractivity contribution >= 4 is 11.5 Å². The molecule has 1 aliphatic rings. The van der Waals surface area contributed by atoms with Crippen molar-refractivity contribution in [2.24, 2.45) is 0 Å². The summed E-state index contributed by atoms with van der Waals surface area (Å²) in [6, 6.07) is 10.0. The van der Waals surface area contributed by atoms with Gasteiger partial charge in [0, 0.05) is 23.3 Å². The van der Waals surface area contributed by atoms with Crippen molar-refractivity contribution < 1.29 is 8.78 Å². The molecule has 0 fully saturated rings. The lowest BCUT2D eigenvalue weighted by atomic mass is 9.95. The normalized spacial score (nSPS) is 14.4. The maximum Gasteiger partial charge on any atom is 0.280 e. The Morgan fingerprint density at radius 3 is 2.67 bits per heavy atom. The highest BCUT2D eigenvalue weighted by Gasteiger charge is 2.31. The number of anilines is 1. The van der Waals surface area contributed by atoms with Crippen LogP contribution in [0.15, 0.2) is 54.9 Å². The highest BCUT2D eigenvalue weighted by Crippen LogP contribution is 2.35. The average molecular weight is 330 g/mol. The molecule has 0 bridgehead atoms. The number of aromatic nitrogens is 2. The number of hydrogen-bond acceptors (Lipinski definition) is 3. The van der Waals surface area contributed by atoms with E-state index in [1.165, 1.54) is 10.8 Å². The molecule has 0 atom stereocenters. The Hall–Kier alpha value is -2.47. The molecule has 0 spiro atoms. The predicted octanol–water partition coefficient (Wildman–Crippen LogP) is 3.95. The van der Waals surface area contributed by atoms with E-state index in [9.17, 15) is 8.78 Å². The summed E-state index contributed by atoms with van der Waals surface area (Å²) in [4.78, 5) is 0. The van der Waals surface area contributed by atoms with Crippen molar-refractivity contribution in [2.75, 3.05) is 5.32 Å². The molecule has 0 saturated heterocycles. The summed E-state index contributed by atoms with van der Waals surface area (Å²) in [5, 5.41) is 10.7. The van der Waals surface area contributed by atoms with Crippen molar-refractivity contribution in [1.29, 1.82) is 0 Å². The molecule has 2 heterocycles. The fraction of sp³-hybridized carbons (Fsp3) is 0.278. The first-order chi connectivity index (χ1) is 11.4. The molecule has 1 aromatic carbocycles. The zero-order valence-corrected chi connectivity index (χ0v) is 13.7. The van der Waals surface area contributed by atoms with Gasteiger partial charge in [-0.2, -0.15) is 5.10 Å². The van der Waals surface area contributed by atoms with Crippen LogP contribution in [0.5, 0.6) is 0 Å². The van der Waals surface area contributed by atoms with E-state index in [1.807, 2.05) is 44.2 Å². The molecule has 0 amide bonds. The molecule has 0 unspecified atom stereocenters. The summed E-state index contributed by atoms with van der Waals surface area (Å²) in [5.41, 5.74) is 1.77. The lowest BCUT2D eigenvalue weighted by Crippen LogP contribution is -2.36. The average Bonchev–Trinajstić information content (AvgIpc) is 2.97. The Morgan fingerprint density at radius 2 is 2.00 bits per heavy atom. The number of fused-ring (bicyclic) bond motifs is 1. The topological polar surface area (TPSA) is 41.9 Å². The van der Waals surface area contributed by atoms with E-state index in [0.29, 0.717) is 18.1 Å². The second-order valence-electron chi connectivity index (χ2n) is 6.30. The number of nitrogens with zero attached hydrogens (tertiary/aromatic N) is 2. The second-order valence-corrected chi connectivity index (χ2v) is 6.30. The van der Waals surface area contributed by atoms with E-state index in [1.54, 1.807) is 6.20 Å². The molecule has 24 heavy (non-hydrogen) atoms. The van der Waals surface area contributed by atoms with Gasteiger partial charge >= 0.3 is 0 Å². The summed E-state index contributed by atoms with van der Waals surface area (Å²) in [6.45, 7) is 8.42. The fourth-order valence-corrected chi connectivity index (χ4v) is 2.72. The van der Waals surface area contributed by atoms with E-state index >= 15 is 0 Å². The fourth-order valence-electron chi connectivity index (χ4n) is 2.72. The van der Waals surface area contributed by atoms with Gasteiger partial charge in [0.05, 0.1) is 6.20 Å². The first-order valence-corrected chi connectivity index (χ1v) is 7.72. The molecule has 0 saturated carbocycles. The molecule has 2 N–H and O–H groups in total. The van der Waals surface area contributed by atoms with Gasteiger partial charge in [-0.1, -0.05) is 36.9 Å². The number of hydrogen-bond donors (Lipinski definition) is 2. The van der Waals surface area contributed by atoms with Gasteiger partial charge in [0.25, 0.3) is 6.43 Å². The highest BCUT2D eigenvalue weighted by atomic mass is 19.3. The van der Waals surface area contributed by atoms with Gasteiger partial charge in [-0.3, -0.25) is 0 Å². The van der Waals surface area contributed by atoms with E-state index in [-0.39, 0.29) is 5.70 Å². The summed E-state index contributed by atoms with van der Waals surface area (Å²) in [6.07, 6.45) is 0.323. The van der Waals surface area contributed by atoms with Gasteiger partial charge in [-0.05, 0) is 25.5 Å².